The number of halogens is 1. The highest BCUT2D eigenvalue weighted by molar-refractivity contribution is 8.01. The Hall–Kier alpha value is -1.40. The number of rotatable bonds is 4. The van der Waals surface area contributed by atoms with E-state index in [-0.39, 0.29) is 11.7 Å². The Labute approximate surface area is 112 Å². The number of hydrogen-bond acceptors (Lipinski definition) is 4. The molecule has 0 atom stereocenters. The third-order valence-corrected chi connectivity index (χ3v) is 4.25. The van der Waals surface area contributed by atoms with Gasteiger partial charge in [-0.2, -0.15) is 0 Å². The average Bonchev–Trinajstić information content (AvgIpc) is 2.85. The van der Waals surface area contributed by atoms with Gasteiger partial charge in [-0.05, 0) is 24.3 Å². The maximum Gasteiger partial charge on any atom is 0.230 e. The van der Waals surface area contributed by atoms with Crippen molar-refractivity contribution in [2.24, 2.45) is 0 Å². The summed E-state index contributed by atoms with van der Waals surface area (Å²) < 4.78 is 13.6. The van der Waals surface area contributed by atoms with Crippen molar-refractivity contribution in [2.45, 2.75) is 4.34 Å². The summed E-state index contributed by atoms with van der Waals surface area (Å²) >= 11 is 2.87. The van der Waals surface area contributed by atoms with Crippen LogP contribution in [0.15, 0.2) is 34.0 Å². The van der Waals surface area contributed by atoms with Crippen LogP contribution in [0.4, 0.5) is 4.39 Å². The van der Waals surface area contributed by atoms with E-state index in [9.17, 15) is 9.18 Å². The number of carbonyl (C=O) groups excluding carboxylic acids is 1. The molecule has 0 unspecified atom stereocenters. The first-order valence-electron chi connectivity index (χ1n) is 5.24. The molecule has 1 aromatic heterocycles. The minimum Gasteiger partial charge on any atom is -0.358 e. The summed E-state index contributed by atoms with van der Waals surface area (Å²) in [6.07, 6.45) is 0. The SMILES string of the molecule is CNC(=O)CSc1nc(-c2ccc(F)cc2)cs1. The molecule has 6 heteroatoms. The lowest BCUT2D eigenvalue weighted by atomic mass is 10.2. The van der Waals surface area contributed by atoms with E-state index in [1.54, 1.807) is 19.2 Å². The first kappa shape index (κ1) is 13.0. The minimum atomic E-state index is -0.261. The van der Waals surface area contributed by atoms with Gasteiger partial charge in [0.25, 0.3) is 0 Å². The first-order valence-corrected chi connectivity index (χ1v) is 7.10. The summed E-state index contributed by atoms with van der Waals surface area (Å²) in [5.41, 5.74) is 1.68. The maximum atomic E-state index is 12.8. The van der Waals surface area contributed by atoms with Crippen molar-refractivity contribution >= 4 is 29.0 Å². The molecule has 0 saturated heterocycles. The predicted molar refractivity (Wildman–Crippen MR) is 72.3 cm³/mol. The number of amides is 1. The number of carbonyl (C=O) groups is 1. The van der Waals surface area contributed by atoms with E-state index in [0.717, 1.165) is 15.6 Å². The number of thiazole rings is 1. The highest BCUT2D eigenvalue weighted by Crippen LogP contribution is 2.28. The highest BCUT2D eigenvalue weighted by Gasteiger charge is 2.07. The fourth-order valence-corrected chi connectivity index (χ4v) is 2.98. The third kappa shape index (κ3) is 3.30. The van der Waals surface area contributed by atoms with Crippen molar-refractivity contribution in [3.05, 3.63) is 35.5 Å². The van der Waals surface area contributed by atoms with Crippen molar-refractivity contribution in [3.63, 3.8) is 0 Å². The molecule has 0 aliphatic rings. The van der Waals surface area contributed by atoms with Crippen LogP contribution in [0.5, 0.6) is 0 Å². The molecule has 1 N–H and O–H groups in total. The third-order valence-electron chi connectivity index (χ3n) is 2.23. The molecular weight excluding hydrogens is 271 g/mol. The topological polar surface area (TPSA) is 42.0 Å². The van der Waals surface area contributed by atoms with Crippen molar-refractivity contribution in [1.29, 1.82) is 0 Å². The van der Waals surface area contributed by atoms with E-state index in [0.29, 0.717) is 5.75 Å². The quantitative estimate of drug-likeness (QED) is 0.877. The molecule has 0 bridgehead atoms. The van der Waals surface area contributed by atoms with E-state index in [2.05, 4.69) is 10.3 Å². The normalized spacial score (nSPS) is 10.3. The van der Waals surface area contributed by atoms with Crippen molar-refractivity contribution in [3.8, 4) is 11.3 Å². The molecule has 94 valence electrons. The smallest absolute Gasteiger partial charge is 0.230 e. The van der Waals surface area contributed by atoms with E-state index in [1.807, 2.05) is 5.38 Å². The molecule has 0 spiro atoms. The Morgan fingerprint density at radius 1 is 1.44 bits per heavy atom. The first-order chi connectivity index (χ1) is 8.69. The summed E-state index contributed by atoms with van der Waals surface area (Å²) in [7, 11) is 1.61. The average molecular weight is 282 g/mol. The molecule has 0 aliphatic carbocycles. The number of thioether (sulfide) groups is 1. The van der Waals surface area contributed by atoms with Crippen molar-refractivity contribution in [1.82, 2.24) is 10.3 Å². The van der Waals surface area contributed by atoms with Gasteiger partial charge < -0.3 is 5.32 Å². The number of hydrogen-bond donors (Lipinski definition) is 1. The molecule has 1 amide bonds. The number of nitrogens with one attached hydrogen (secondary N) is 1. The standard InChI is InChI=1S/C12H11FN2OS2/c1-14-11(16)7-18-12-15-10(6-17-12)8-2-4-9(13)5-3-8/h2-6H,7H2,1H3,(H,14,16). The van der Waals surface area contributed by atoms with Crippen LogP contribution in [0, 0.1) is 5.82 Å². The van der Waals surface area contributed by atoms with Crippen LogP contribution < -0.4 is 5.32 Å². The summed E-state index contributed by atoms with van der Waals surface area (Å²) in [6.45, 7) is 0. The van der Waals surface area contributed by atoms with Gasteiger partial charge in [0.1, 0.15) is 5.82 Å². The minimum absolute atomic E-state index is 0.0291. The number of nitrogens with zero attached hydrogens (tertiary/aromatic N) is 1. The summed E-state index contributed by atoms with van der Waals surface area (Å²) in [6, 6.07) is 6.20. The van der Waals surface area contributed by atoms with Gasteiger partial charge in [-0.3, -0.25) is 4.79 Å². The van der Waals surface area contributed by atoms with Crippen LogP contribution in [-0.4, -0.2) is 23.7 Å². The lowest BCUT2D eigenvalue weighted by molar-refractivity contribution is -0.118. The summed E-state index contributed by atoms with van der Waals surface area (Å²) in [5, 5.41) is 4.46. The van der Waals surface area contributed by atoms with Crippen LogP contribution in [0.1, 0.15) is 0 Å². The molecule has 0 aliphatic heterocycles. The highest BCUT2D eigenvalue weighted by atomic mass is 32.2. The molecule has 0 radical (unpaired) electrons. The Morgan fingerprint density at radius 3 is 2.83 bits per heavy atom. The van der Waals surface area contributed by atoms with Gasteiger partial charge in [0, 0.05) is 18.0 Å². The van der Waals surface area contributed by atoms with Gasteiger partial charge in [-0.15, -0.1) is 11.3 Å². The van der Waals surface area contributed by atoms with Crippen LogP contribution in [0.2, 0.25) is 0 Å². The van der Waals surface area contributed by atoms with Crippen molar-refractivity contribution in [2.75, 3.05) is 12.8 Å². The second-order valence-electron chi connectivity index (χ2n) is 3.47. The second-order valence-corrected chi connectivity index (χ2v) is 5.55. The predicted octanol–water partition coefficient (Wildman–Crippen LogP) is 2.79. The fourth-order valence-electron chi connectivity index (χ4n) is 1.28. The zero-order valence-corrected chi connectivity index (χ0v) is 11.3. The molecule has 2 rings (SSSR count). The molecular formula is C12H11FN2OS2. The van der Waals surface area contributed by atoms with Crippen molar-refractivity contribution < 1.29 is 9.18 Å². The molecule has 0 saturated carbocycles. The number of aromatic nitrogens is 1. The van der Waals surface area contributed by atoms with Gasteiger partial charge in [0.15, 0.2) is 4.34 Å². The monoisotopic (exact) mass is 282 g/mol. The van der Waals surface area contributed by atoms with Crippen LogP contribution in [0.25, 0.3) is 11.3 Å². The zero-order valence-electron chi connectivity index (χ0n) is 9.64. The maximum absolute atomic E-state index is 12.8. The van der Waals surface area contributed by atoms with Gasteiger partial charge >= 0.3 is 0 Å². The Balaban J connectivity index is 2.06. The van der Waals surface area contributed by atoms with Crippen LogP contribution >= 0.6 is 23.1 Å². The van der Waals surface area contributed by atoms with Crippen LogP contribution in [0.3, 0.4) is 0 Å². The van der Waals surface area contributed by atoms with Gasteiger partial charge in [0.05, 0.1) is 11.4 Å². The summed E-state index contributed by atoms with van der Waals surface area (Å²) in [5.74, 6) is 0.0640. The molecule has 0 fully saturated rings. The Bertz CT molecular complexity index is 539. The molecule has 1 heterocycles. The molecule has 18 heavy (non-hydrogen) atoms. The number of benzene rings is 1. The second kappa shape index (κ2) is 5.97. The zero-order chi connectivity index (χ0) is 13.0. The van der Waals surface area contributed by atoms with E-state index in [4.69, 9.17) is 0 Å². The van der Waals surface area contributed by atoms with Crippen LogP contribution in [-0.2, 0) is 4.79 Å². The van der Waals surface area contributed by atoms with Gasteiger partial charge in [0.2, 0.25) is 5.91 Å². The van der Waals surface area contributed by atoms with Gasteiger partial charge in [-0.1, -0.05) is 11.8 Å². The lowest BCUT2D eigenvalue weighted by Crippen LogP contribution is -2.19. The molecule has 1 aromatic carbocycles. The lowest BCUT2D eigenvalue weighted by Gasteiger charge is -1.97. The van der Waals surface area contributed by atoms with Gasteiger partial charge in [-0.25, -0.2) is 9.37 Å². The van der Waals surface area contributed by atoms with E-state index < -0.39 is 0 Å². The Morgan fingerprint density at radius 2 is 2.17 bits per heavy atom. The van der Waals surface area contributed by atoms with E-state index in [1.165, 1.54) is 35.2 Å². The molecule has 3 nitrogen and oxygen atoms in total. The Kier molecular flexibility index (Phi) is 4.33. The fraction of sp³-hybridized carbons (Fsp3) is 0.167. The molecule has 2 aromatic rings. The van der Waals surface area contributed by atoms with E-state index >= 15 is 0 Å². The largest absolute Gasteiger partial charge is 0.358 e. The summed E-state index contributed by atoms with van der Waals surface area (Å²) in [4.78, 5) is 15.5.